The Labute approximate surface area is 201 Å². The molecule has 186 valence electrons. The van der Waals surface area contributed by atoms with Crippen molar-refractivity contribution in [2.75, 3.05) is 25.5 Å². The summed E-state index contributed by atoms with van der Waals surface area (Å²) in [7, 11) is 3.17. The fraction of sp³-hybridized carbons (Fsp3) is 0.440. The van der Waals surface area contributed by atoms with Gasteiger partial charge in [0.25, 0.3) is 12.0 Å². The van der Waals surface area contributed by atoms with Crippen LogP contribution in [0.2, 0.25) is 0 Å². The molecule has 2 atom stereocenters. The van der Waals surface area contributed by atoms with Crippen molar-refractivity contribution in [2.24, 2.45) is 7.05 Å². The maximum Gasteiger partial charge on any atom is 0.264 e. The van der Waals surface area contributed by atoms with Crippen LogP contribution in [0.25, 0.3) is 11.0 Å². The van der Waals surface area contributed by atoms with E-state index in [0.717, 1.165) is 5.56 Å². The van der Waals surface area contributed by atoms with Gasteiger partial charge in [-0.1, -0.05) is 18.2 Å². The Morgan fingerprint density at radius 1 is 1.26 bits per heavy atom. The first-order valence-corrected chi connectivity index (χ1v) is 11.4. The molecule has 1 saturated heterocycles. The van der Waals surface area contributed by atoms with Gasteiger partial charge in [-0.25, -0.2) is 18.7 Å². The van der Waals surface area contributed by atoms with Crippen molar-refractivity contribution in [2.45, 2.75) is 45.3 Å². The summed E-state index contributed by atoms with van der Waals surface area (Å²) in [6.45, 7) is 5.79. The number of aromatic nitrogens is 3. The van der Waals surface area contributed by atoms with Gasteiger partial charge in [-0.2, -0.15) is 0 Å². The number of alkyl halides is 2. The minimum atomic E-state index is -2.56. The van der Waals surface area contributed by atoms with E-state index < -0.39 is 12.0 Å². The third-order valence-corrected chi connectivity index (χ3v) is 7.04. The van der Waals surface area contributed by atoms with Gasteiger partial charge in [-0.05, 0) is 31.0 Å². The number of hydrogen-bond donors (Lipinski definition) is 1. The number of nitrogens with one attached hydrogen (secondary N) is 1. The van der Waals surface area contributed by atoms with Gasteiger partial charge < -0.3 is 15.0 Å². The summed E-state index contributed by atoms with van der Waals surface area (Å²) in [5.74, 6) is 0.385. The second-order valence-electron chi connectivity index (χ2n) is 9.00. The van der Waals surface area contributed by atoms with Crippen LogP contribution in [-0.4, -0.2) is 45.5 Å². The van der Waals surface area contributed by atoms with E-state index in [1.165, 1.54) is 31.0 Å². The number of pyridine rings is 1. The van der Waals surface area contributed by atoms with E-state index in [0.29, 0.717) is 40.9 Å². The van der Waals surface area contributed by atoms with Gasteiger partial charge >= 0.3 is 0 Å². The Hall–Kier alpha value is -3.40. The van der Waals surface area contributed by atoms with Gasteiger partial charge in [0, 0.05) is 39.6 Å². The zero-order chi connectivity index (χ0) is 25.5. The third kappa shape index (κ3) is 4.27. The number of carbonyl (C=O) groups excluding carboxylic acids is 1. The molecule has 0 radical (unpaired) electrons. The van der Waals surface area contributed by atoms with Crippen molar-refractivity contribution < 1.29 is 18.3 Å². The number of fused-ring (bicyclic) bond motifs is 1. The number of methoxy groups -OCH3 is 1. The molecule has 2 aromatic heterocycles. The number of likely N-dealkylation sites (tertiary alicyclic amines) is 1. The van der Waals surface area contributed by atoms with Crippen LogP contribution in [0.15, 0.2) is 35.4 Å². The van der Waals surface area contributed by atoms with Crippen molar-refractivity contribution in [1.82, 2.24) is 19.4 Å². The highest BCUT2D eigenvalue weighted by Gasteiger charge is 2.43. The lowest BCUT2D eigenvalue weighted by Crippen LogP contribution is -2.40. The standard InChI is InChI=1S/C25H29F2N5O3/c1-14-17(7-6-8-18(14)21(26)27)15(2)30-22-19-11-20(24(34)31(4)23(19)29-13-28-22)25(35-5)9-10-32(12-25)16(3)33/h6-8,11,13,15,21H,9-10,12H2,1-5H3,(H,28,29,30)/t15-,25+/m1/s1. The van der Waals surface area contributed by atoms with Gasteiger partial charge in [0.2, 0.25) is 5.91 Å². The van der Waals surface area contributed by atoms with E-state index in [9.17, 15) is 18.4 Å². The van der Waals surface area contributed by atoms with Crippen LogP contribution >= 0.6 is 0 Å². The first kappa shape index (κ1) is 24.7. The molecule has 35 heavy (non-hydrogen) atoms. The molecule has 0 saturated carbocycles. The molecule has 1 fully saturated rings. The van der Waals surface area contributed by atoms with E-state index in [2.05, 4.69) is 15.3 Å². The van der Waals surface area contributed by atoms with E-state index in [-0.39, 0.29) is 29.6 Å². The molecule has 1 amide bonds. The van der Waals surface area contributed by atoms with Gasteiger partial charge in [-0.15, -0.1) is 0 Å². The normalized spacial score (nSPS) is 18.9. The lowest BCUT2D eigenvalue weighted by atomic mass is 9.92. The topological polar surface area (TPSA) is 89.3 Å². The number of benzene rings is 1. The second-order valence-corrected chi connectivity index (χ2v) is 9.00. The molecule has 1 aromatic carbocycles. The maximum absolute atomic E-state index is 13.4. The highest BCUT2D eigenvalue weighted by atomic mass is 19.3. The van der Waals surface area contributed by atoms with Gasteiger partial charge in [0.15, 0.2) is 0 Å². The zero-order valence-electron chi connectivity index (χ0n) is 20.4. The lowest BCUT2D eigenvalue weighted by Gasteiger charge is -2.28. The SMILES string of the molecule is CO[C@@]1(c2cc3c(N[C@H](C)c4cccc(C(F)F)c4C)ncnc3n(C)c2=O)CCN(C(C)=O)C1. The molecular formula is C25H29F2N5O3. The summed E-state index contributed by atoms with van der Waals surface area (Å²) >= 11 is 0. The molecule has 1 aliphatic rings. The summed E-state index contributed by atoms with van der Waals surface area (Å²) in [6, 6.07) is 6.23. The highest BCUT2D eigenvalue weighted by molar-refractivity contribution is 5.87. The molecule has 0 spiro atoms. The second kappa shape index (κ2) is 9.33. The molecule has 0 unspecified atom stereocenters. The Balaban J connectivity index is 1.80. The summed E-state index contributed by atoms with van der Waals surface area (Å²) in [5, 5.41) is 3.91. The van der Waals surface area contributed by atoms with E-state index in [4.69, 9.17) is 4.74 Å². The number of aryl methyl sites for hydroxylation is 1. The number of rotatable bonds is 6. The maximum atomic E-state index is 13.4. The van der Waals surface area contributed by atoms with E-state index in [1.807, 2.05) is 6.92 Å². The van der Waals surface area contributed by atoms with Gasteiger partial charge in [0.1, 0.15) is 23.4 Å². The molecular weight excluding hydrogens is 456 g/mol. The number of nitrogens with zero attached hydrogens (tertiary/aromatic N) is 4. The average molecular weight is 486 g/mol. The summed E-state index contributed by atoms with van der Waals surface area (Å²) in [5.41, 5.74) is 0.864. The number of carbonyl (C=O) groups is 1. The number of amides is 1. The largest absolute Gasteiger partial charge is 0.371 e. The van der Waals surface area contributed by atoms with Crippen LogP contribution in [0.1, 0.15) is 55.0 Å². The lowest BCUT2D eigenvalue weighted by molar-refractivity contribution is -0.129. The summed E-state index contributed by atoms with van der Waals surface area (Å²) in [6.07, 6.45) is -0.723. The molecule has 1 aliphatic heterocycles. The fourth-order valence-corrected chi connectivity index (χ4v) is 4.92. The predicted octanol–water partition coefficient (Wildman–Crippen LogP) is 3.84. The number of ether oxygens (including phenoxy) is 1. The molecule has 3 aromatic rings. The summed E-state index contributed by atoms with van der Waals surface area (Å²) in [4.78, 5) is 35.7. The van der Waals surface area contributed by atoms with Crippen LogP contribution in [0, 0.1) is 6.92 Å². The zero-order valence-corrected chi connectivity index (χ0v) is 20.4. The van der Waals surface area contributed by atoms with Gasteiger partial charge in [-0.3, -0.25) is 14.2 Å². The summed E-state index contributed by atoms with van der Waals surface area (Å²) < 4.78 is 34.1. The van der Waals surface area contributed by atoms with E-state index in [1.54, 1.807) is 37.1 Å². The molecule has 0 bridgehead atoms. The van der Waals surface area contributed by atoms with Crippen LogP contribution in [-0.2, 0) is 22.2 Å². The quantitative estimate of drug-likeness (QED) is 0.571. The first-order valence-electron chi connectivity index (χ1n) is 11.4. The Morgan fingerprint density at radius 3 is 2.60 bits per heavy atom. The monoisotopic (exact) mass is 485 g/mol. The Morgan fingerprint density at radius 2 is 1.97 bits per heavy atom. The average Bonchev–Trinajstić information content (AvgIpc) is 3.27. The highest BCUT2D eigenvalue weighted by Crippen LogP contribution is 2.36. The predicted molar refractivity (Wildman–Crippen MR) is 129 cm³/mol. The Kier molecular flexibility index (Phi) is 6.59. The Bertz CT molecular complexity index is 1340. The van der Waals surface area contributed by atoms with Crippen LogP contribution in [0.3, 0.4) is 0 Å². The third-order valence-electron chi connectivity index (χ3n) is 7.04. The molecule has 8 nitrogen and oxygen atoms in total. The van der Waals surface area contributed by atoms with Crippen molar-refractivity contribution in [3.05, 3.63) is 63.2 Å². The van der Waals surface area contributed by atoms with Crippen LogP contribution in [0.4, 0.5) is 14.6 Å². The van der Waals surface area contributed by atoms with Crippen molar-refractivity contribution >= 4 is 22.8 Å². The van der Waals surface area contributed by atoms with Crippen molar-refractivity contribution in [3.8, 4) is 0 Å². The van der Waals surface area contributed by atoms with Gasteiger partial charge in [0.05, 0.1) is 23.5 Å². The fourth-order valence-electron chi connectivity index (χ4n) is 4.92. The smallest absolute Gasteiger partial charge is 0.264 e. The first-order chi connectivity index (χ1) is 16.6. The van der Waals surface area contributed by atoms with E-state index >= 15 is 0 Å². The number of anilines is 1. The minimum Gasteiger partial charge on any atom is -0.371 e. The van der Waals surface area contributed by atoms with Crippen molar-refractivity contribution in [3.63, 3.8) is 0 Å². The molecule has 3 heterocycles. The molecule has 0 aliphatic carbocycles. The molecule has 1 N–H and O–H groups in total. The number of halogens is 2. The molecule has 10 heteroatoms. The number of hydrogen-bond acceptors (Lipinski definition) is 6. The van der Waals surface area contributed by atoms with Crippen LogP contribution < -0.4 is 10.9 Å². The van der Waals surface area contributed by atoms with Crippen LogP contribution in [0.5, 0.6) is 0 Å². The van der Waals surface area contributed by atoms with Crippen molar-refractivity contribution in [1.29, 1.82) is 0 Å². The molecule has 4 rings (SSSR count). The minimum absolute atomic E-state index is 0.00771.